The Morgan fingerprint density at radius 2 is 2.29 bits per heavy atom. The summed E-state index contributed by atoms with van der Waals surface area (Å²) in [4.78, 5) is 0. The lowest BCUT2D eigenvalue weighted by molar-refractivity contribution is 0.273. The Hall–Kier alpha value is -1.35. The van der Waals surface area contributed by atoms with Gasteiger partial charge in [-0.3, -0.25) is 0 Å². The van der Waals surface area contributed by atoms with Crippen molar-refractivity contribution >= 4 is 5.52 Å². The first-order chi connectivity index (χ1) is 6.88. The van der Waals surface area contributed by atoms with Crippen molar-refractivity contribution in [1.29, 1.82) is 0 Å². The number of pyridine rings is 1. The van der Waals surface area contributed by atoms with Gasteiger partial charge in [-0.1, -0.05) is 6.07 Å². The van der Waals surface area contributed by atoms with Gasteiger partial charge < -0.3 is 5.11 Å². The molecule has 0 bridgehead atoms. The molecule has 3 rings (SSSR count). The van der Waals surface area contributed by atoms with Crippen LogP contribution in [0.25, 0.3) is 5.52 Å². The molecule has 0 radical (unpaired) electrons. The van der Waals surface area contributed by atoms with Crippen LogP contribution in [0.4, 0.5) is 0 Å². The van der Waals surface area contributed by atoms with Crippen LogP contribution >= 0.6 is 0 Å². The Bertz CT molecular complexity index is 471. The van der Waals surface area contributed by atoms with Gasteiger partial charge >= 0.3 is 0 Å². The molecule has 1 saturated carbocycles. The molecular formula is C11H12N2O. The highest BCUT2D eigenvalue weighted by Gasteiger charge is 2.26. The molecule has 0 spiro atoms. The summed E-state index contributed by atoms with van der Waals surface area (Å²) in [5.74, 6) is 0.668. The van der Waals surface area contributed by atoms with E-state index in [1.54, 1.807) is 0 Å². The maximum absolute atomic E-state index is 9.14. The van der Waals surface area contributed by atoms with E-state index >= 15 is 0 Å². The van der Waals surface area contributed by atoms with Crippen molar-refractivity contribution < 1.29 is 5.11 Å². The molecule has 14 heavy (non-hydrogen) atoms. The van der Waals surface area contributed by atoms with Gasteiger partial charge in [0, 0.05) is 5.92 Å². The van der Waals surface area contributed by atoms with Crippen molar-refractivity contribution in [2.75, 3.05) is 0 Å². The van der Waals surface area contributed by atoms with Crippen molar-refractivity contribution in [3.8, 4) is 0 Å². The Kier molecular flexibility index (Phi) is 1.61. The van der Waals surface area contributed by atoms with E-state index in [1.165, 1.54) is 18.5 Å². The second-order valence-electron chi connectivity index (χ2n) is 3.86. The Labute approximate surface area is 82.0 Å². The third kappa shape index (κ3) is 1.13. The zero-order valence-corrected chi connectivity index (χ0v) is 7.85. The summed E-state index contributed by atoms with van der Waals surface area (Å²) in [6, 6.07) is 8.00. The zero-order chi connectivity index (χ0) is 9.54. The van der Waals surface area contributed by atoms with Crippen molar-refractivity contribution in [2.24, 2.45) is 0 Å². The van der Waals surface area contributed by atoms with Gasteiger partial charge in [0.25, 0.3) is 0 Å². The van der Waals surface area contributed by atoms with Crippen molar-refractivity contribution in [2.45, 2.75) is 25.4 Å². The Balaban J connectivity index is 2.20. The first kappa shape index (κ1) is 8.00. The lowest BCUT2D eigenvalue weighted by Gasteiger charge is -1.99. The summed E-state index contributed by atoms with van der Waals surface area (Å²) < 4.78 is 1.84. The molecule has 0 unspecified atom stereocenters. The molecule has 0 atom stereocenters. The lowest BCUT2D eigenvalue weighted by Crippen LogP contribution is -1.97. The molecule has 1 N–H and O–H groups in total. The number of hydrogen-bond donors (Lipinski definition) is 1. The summed E-state index contributed by atoms with van der Waals surface area (Å²) in [5, 5.41) is 13.6. The molecule has 2 aromatic rings. The number of fused-ring (bicyclic) bond motifs is 1. The lowest BCUT2D eigenvalue weighted by atomic mass is 10.3. The normalized spacial score (nSPS) is 16.4. The van der Waals surface area contributed by atoms with Gasteiger partial charge in [0.2, 0.25) is 0 Å². The molecular weight excluding hydrogens is 176 g/mol. The SMILES string of the molecule is OCc1cccc2cc(C3CC3)nn12. The number of rotatable bonds is 2. The van der Waals surface area contributed by atoms with Crippen LogP contribution < -0.4 is 0 Å². The average Bonchev–Trinajstić information content (AvgIpc) is 2.97. The second kappa shape index (κ2) is 2.82. The quantitative estimate of drug-likeness (QED) is 0.779. The highest BCUT2D eigenvalue weighted by Crippen LogP contribution is 2.39. The van der Waals surface area contributed by atoms with Gasteiger partial charge in [-0.2, -0.15) is 5.10 Å². The minimum absolute atomic E-state index is 0.0448. The van der Waals surface area contributed by atoms with E-state index in [2.05, 4.69) is 11.2 Å². The average molecular weight is 188 g/mol. The molecule has 0 saturated heterocycles. The summed E-state index contributed by atoms with van der Waals surface area (Å²) in [6.45, 7) is 0.0448. The summed E-state index contributed by atoms with van der Waals surface area (Å²) >= 11 is 0. The van der Waals surface area contributed by atoms with Gasteiger partial charge in [-0.25, -0.2) is 4.52 Å². The standard InChI is InChI=1S/C11H12N2O/c14-7-10-3-1-2-9-6-11(8-4-5-8)12-13(9)10/h1-3,6,8,14H,4-5,7H2. The number of aliphatic hydroxyl groups excluding tert-OH is 1. The first-order valence-electron chi connectivity index (χ1n) is 4.97. The molecule has 3 nitrogen and oxygen atoms in total. The van der Waals surface area contributed by atoms with Crippen molar-refractivity contribution in [3.63, 3.8) is 0 Å². The maximum Gasteiger partial charge on any atom is 0.0853 e. The molecule has 2 heterocycles. The minimum atomic E-state index is 0.0448. The maximum atomic E-state index is 9.14. The van der Waals surface area contributed by atoms with Crippen LogP contribution in [0.2, 0.25) is 0 Å². The minimum Gasteiger partial charge on any atom is -0.390 e. The van der Waals surface area contributed by atoms with Gasteiger partial charge in [0.15, 0.2) is 0 Å². The van der Waals surface area contributed by atoms with E-state index in [0.29, 0.717) is 5.92 Å². The van der Waals surface area contributed by atoms with Gasteiger partial charge in [0.1, 0.15) is 0 Å². The number of hydrogen-bond acceptors (Lipinski definition) is 2. The summed E-state index contributed by atoms with van der Waals surface area (Å²) in [6.07, 6.45) is 2.52. The van der Waals surface area contributed by atoms with Gasteiger partial charge in [-0.15, -0.1) is 0 Å². The summed E-state index contributed by atoms with van der Waals surface area (Å²) in [7, 11) is 0. The summed E-state index contributed by atoms with van der Waals surface area (Å²) in [5.41, 5.74) is 3.11. The highest BCUT2D eigenvalue weighted by molar-refractivity contribution is 5.49. The topological polar surface area (TPSA) is 37.5 Å². The first-order valence-corrected chi connectivity index (χ1v) is 4.97. The van der Waals surface area contributed by atoms with Crippen LogP contribution in [0.1, 0.15) is 30.1 Å². The van der Waals surface area contributed by atoms with Crippen molar-refractivity contribution in [1.82, 2.24) is 9.61 Å². The molecule has 2 aromatic heterocycles. The monoisotopic (exact) mass is 188 g/mol. The Morgan fingerprint density at radius 1 is 1.43 bits per heavy atom. The number of aliphatic hydroxyl groups is 1. The molecule has 1 aliphatic rings. The van der Waals surface area contributed by atoms with E-state index in [1.807, 2.05) is 22.7 Å². The van der Waals surface area contributed by atoms with Gasteiger partial charge in [-0.05, 0) is 31.0 Å². The fourth-order valence-corrected chi connectivity index (χ4v) is 1.79. The third-order valence-corrected chi connectivity index (χ3v) is 2.74. The largest absolute Gasteiger partial charge is 0.390 e. The molecule has 1 aliphatic carbocycles. The fourth-order valence-electron chi connectivity index (χ4n) is 1.79. The molecule has 72 valence electrons. The zero-order valence-electron chi connectivity index (χ0n) is 7.85. The number of nitrogens with zero attached hydrogens (tertiary/aromatic N) is 2. The predicted molar refractivity (Wildman–Crippen MR) is 53.1 cm³/mol. The van der Waals surface area contributed by atoms with Crippen LogP contribution in [0.3, 0.4) is 0 Å². The molecule has 0 aromatic carbocycles. The van der Waals surface area contributed by atoms with E-state index in [-0.39, 0.29) is 6.61 Å². The third-order valence-electron chi connectivity index (χ3n) is 2.74. The van der Waals surface area contributed by atoms with Crippen molar-refractivity contribution in [3.05, 3.63) is 35.7 Å². The predicted octanol–water partition coefficient (Wildman–Crippen LogP) is 1.70. The second-order valence-corrected chi connectivity index (χ2v) is 3.86. The van der Waals surface area contributed by atoms with Crippen LogP contribution in [-0.4, -0.2) is 14.7 Å². The fraction of sp³-hybridized carbons (Fsp3) is 0.364. The van der Waals surface area contributed by atoms with Crippen LogP contribution in [0.5, 0.6) is 0 Å². The highest BCUT2D eigenvalue weighted by atomic mass is 16.3. The van der Waals surface area contributed by atoms with E-state index in [4.69, 9.17) is 5.11 Å². The molecule has 0 amide bonds. The number of aromatic nitrogens is 2. The molecule has 0 aliphatic heterocycles. The van der Waals surface area contributed by atoms with E-state index in [0.717, 1.165) is 11.2 Å². The van der Waals surface area contributed by atoms with Crippen LogP contribution in [0, 0.1) is 0 Å². The molecule has 3 heteroatoms. The van der Waals surface area contributed by atoms with Crippen LogP contribution in [-0.2, 0) is 6.61 Å². The van der Waals surface area contributed by atoms with E-state index < -0.39 is 0 Å². The smallest absolute Gasteiger partial charge is 0.0853 e. The van der Waals surface area contributed by atoms with Gasteiger partial charge in [0.05, 0.1) is 23.5 Å². The van der Waals surface area contributed by atoms with Crippen LogP contribution in [0.15, 0.2) is 24.3 Å². The Morgan fingerprint density at radius 3 is 3.00 bits per heavy atom. The van der Waals surface area contributed by atoms with E-state index in [9.17, 15) is 0 Å². The molecule has 1 fully saturated rings.